The van der Waals surface area contributed by atoms with E-state index in [4.69, 9.17) is 5.73 Å². The van der Waals surface area contributed by atoms with Gasteiger partial charge in [-0.2, -0.15) is 0 Å². The number of fused-ring (bicyclic) bond motifs is 1. The molecule has 0 radical (unpaired) electrons. The maximum Gasteiger partial charge on any atom is 0.0486 e. The van der Waals surface area contributed by atoms with E-state index in [1.54, 1.807) is 0 Å². The largest absolute Gasteiger partial charge is 0.366 e. The molecule has 1 heterocycles. The van der Waals surface area contributed by atoms with Crippen LogP contribution in [0.15, 0.2) is 18.2 Å². The van der Waals surface area contributed by atoms with Gasteiger partial charge in [-0.1, -0.05) is 38.5 Å². The lowest BCUT2D eigenvalue weighted by atomic mass is 9.80. The first-order valence-electron chi connectivity index (χ1n) is 7.42. The third kappa shape index (κ3) is 2.94. The van der Waals surface area contributed by atoms with Crippen molar-refractivity contribution in [3.63, 3.8) is 0 Å². The Kier molecular flexibility index (Phi) is 3.91. The fraction of sp³-hybridized carbons (Fsp3) is 0.647. The van der Waals surface area contributed by atoms with Gasteiger partial charge in [0, 0.05) is 24.3 Å². The summed E-state index contributed by atoms with van der Waals surface area (Å²) in [5.74, 6) is 0. The Morgan fingerprint density at radius 1 is 1.26 bits per heavy atom. The van der Waals surface area contributed by atoms with Crippen molar-refractivity contribution in [2.24, 2.45) is 11.1 Å². The summed E-state index contributed by atoms with van der Waals surface area (Å²) in [6, 6.07) is 7.40. The molecule has 2 nitrogen and oxygen atoms in total. The molecule has 106 valence electrons. The SMILES string of the molecule is Cc1ccc2c(c1)CCCN2C(C(C)N)C(C)(C)C. The summed E-state index contributed by atoms with van der Waals surface area (Å²) in [6.45, 7) is 12.3. The molecule has 0 saturated carbocycles. The van der Waals surface area contributed by atoms with E-state index in [9.17, 15) is 0 Å². The average molecular weight is 260 g/mol. The molecule has 0 saturated heterocycles. The summed E-state index contributed by atoms with van der Waals surface area (Å²) in [5.41, 5.74) is 10.7. The summed E-state index contributed by atoms with van der Waals surface area (Å²) < 4.78 is 0. The van der Waals surface area contributed by atoms with E-state index >= 15 is 0 Å². The van der Waals surface area contributed by atoms with Crippen LogP contribution in [0.2, 0.25) is 0 Å². The number of aryl methyl sites for hydroxylation is 2. The van der Waals surface area contributed by atoms with Crippen LogP contribution in [0.25, 0.3) is 0 Å². The Bertz CT molecular complexity index is 443. The molecule has 19 heavy (non-hydrogen) atoms. The predicted octanol–water partition coefficient (Wildman–Crippen LogP) is 3.51. The zero-order valence-corrected chi connectivity index (χ0v) is 13.0. The van der Waals surface area contributed by atoms with Gasteiger partial charge in [-0.15, -0.1) is 0 Å². The third-order valence-corrected chi connectivity index (χ3v) is 4.11. The van der Waals surface area contributed by atoms with E-state index in [2.05, 4.69) is 57.7 Å². The van der Waals surface area contributed by atoms with Crippen LogP contribution in [0.4, 0.5) is 5.69 Å². The monoisotopic (exact) mass is 260 g/mol. The normalized spacial score (nSPS) is 18.9. The molecule has 1 aromatic rings. The second-order valence-corrected chi connectivity index (χ2v) is 7.10. The minimum atomic E-state index is 0.173. The molecule has 0 bridgehead atoms. The van der Waals surface area contributed by atoms with Crippen LogP contribution in [0, 0.1) is 12.3 Å². The van der Waals surface area contributed by atoms with Gasteiger partial charge in [0.05, 0.1) is 0 Å². The van der Waals surface area contributed by atoms with Crippen molar-refractivity contribution in [1.82, 2.24) is 0 Å². The van der Waals surface area contributed by atoms with Crippen LogP contribution >= 0.6 is 0 Å². The summed E-state index contributed by atoms with van der Waals surface area (Å²) in [6.07, 6.45) is 2.43. The molecular formula is C17H28N2. The van der Waals surface area contributed by atoms with Crippen LogP contribution in [-0.4, -0.2) is 18.6 Å². The molecular weight excluding hydrogens is 232 g/mol. The van der Waals surface area contributed by atoms with Crippen LogP contribution < -0.4 is 10.6 Å². The van der Waals surface area contributed by atoms with Crippen molar-refractivity contribution in [3.05, 3.63) is 29.3 Å². The number of rotatable bonds is 2. The van der Waals surface area contributed by atoms with Gasteiger partial charge >= 0.3 is 0 Å². The van der Waals surface area contributed by atoms with Crippen molar-refractivity contribution in [2.45, 2.75) is 59.5 Å². The minimum absolute atomic E-state index is 0.173. The average Bonchev–Trinajstić information content (AvgIpc) is 2.26. The summed E-state index contributed by atoms with van der Waals surface area (Å²) >= 11 is 0. The molecule has 0 amide bonds. The van der Waals surface area contributed by atoms with Crippen LogP contribution in [0.3, 0.4) is 0 Å². The van der Waals surface area contributed by atoms with Crippen LogP contribution in [0.5, 0.6) is 0 Å². The van der Waals surface area contributed by atoms with E-state index in [1.165, 1.54) is 29.7 Å². The Hall–Kier alpha value is -1.02. The lowest BCUT2D eigenvalue weighted by Crippen LogP contribution is -2.55. The zero-order chi connectivity index (χ0) is 14.2. The first-order valence-corrected chi connectivity index (χ1v) is 7.42. The maximum atomic E-state index is 6.30. The molecule has 1 aliphatic heterocycles. The van der Waals surface area contributed by atoms with Crippen molar-refractivity contribution < 1.29 is 0 Å². The first kappa shape index (κ1) is 14.4. The molecule has 1 aliphatic rings. The number of nitrogens with zero attached hydrogens (tertiary/aromatic N) is 1. The highest BCUT2D eigenvalue weighted by Crippen LogP contribution is 2.35. The Morgan fingerprint density at radius 3 is 2.53 bits per heavy atom. The number of benzene rings is 1. The molecule has 0 fully saturated rings. The second kappa shape index (κ2) is 5.16. The molecule has 1 aromatic carbocycles. The highest BCUT2D eigenvalue weighted by Gasteiger charge is 2.35. The molecule has 2 atom stereocenters. The predicted molar refractivity (Wildman–Crippen MR) is 83.7 cm³/mol. The van der Waals surface area contributed by atoms with E-state index < -0.39 is 0 Å². The highest BCUT2D eigenvalue weighted by atomic mass is 15.2. The molecule has 0 aliphatic carbocycles. The molecule has 2 unspecified atom stereocenters. The summed E-state index contributed by atoms with van der Waals surface area (Å²) in [4.78, 5) is 2.54. The van der Waals surface area contributed by atoms with Gasteiger partial charge in [0.1, 0.15) is 0 Å². The van der Waals surface area contributed by atoms with Gasteiger partial charge in [0.25, 0.3) is 0 Å². The fourth-order valence-electron chi connectivity index (χ4n) is 3.58. The van der Waals surface area contributed by atoms with Crippen molar-refractivity contribution in [2.75, 3.05) is 11.4 Å². The van der Waals surface area contributed by atoms with E-state index in [1.807, 2.05) is 0 Å². The molecule has 0 spiro atoms. The number of hydrogen-bond donors (Lipinski definition) is 1. The van der Waals surface area contributed by atoms with Gasteiger partial charge in [0.2, 0.25) is 0 Å². The highest BCUT2D eigenvalue weighted by molar-refractivity contribution is 5.58. The van der Waals surface area contributed by atoms with Gasteiger partial charge in [-0.25, -0.2) is 0 Å². The lowest BCUT2D eigenvalue weighted by molar-refractivity contribution is 0.269. The Balaban J connectivity index is 2.42. The smallest absolute Gasteiger partial charge is 0.0486 e. The molecule has 0 aromatic heterocycles. The zero-order valence-electron chi connectivity index (χ0n) is 13.0. The van der Waals surface area contributed by atoms with E-state index in [-0.39, 0.29) is 11.5 Å². The number of nitrogens with two attached hydrogens (primary N) is 1. The first-order chi connectivity index (χ1) is 8.80. The standard InChI is InChI=1S/C17H28N2/c1-12-8-9-15-14(11-12)7-6-10-19(15)16(13(2)18)17(3,4)5/h8-9,11,13,16H,6-7,10,18H2,1-5H3. The number of anilines is 1. The van der Waals surface area contributed by atoms with Crippen LogP contribution in [0.1, 0.15) is 45.2 Å². The van der Waals surface area contributed by atoms with Gasteiger partial charge in [-0.3, -0.25) is 0 Å². The van der Waals surface area contributed by atoms with Gasteiger partial charge in [0.15, 0.2) is 0 Å². The summed E-state index contributed by atoms with van der Waals surface area (Å²) in [7, 11) is 0. The lowest BCUT2D eigenvalue weighted by Gasteiger charge is -2.46. The molecule has 2 N–H and O–H groups in total. The van der Waals surface area contributed by atoms with Gasteiger partial charge in [-0.05, 0) is 43.7 Å². The van der Waals surface area contributed by atoms with Crippen LogP contribution in [-0.2, 0) is 6.42 Å². The van der Waals surface area contributed by atoms with E-state index in [0.29, 0.717) is 6.04 Å². The van der Waals surface area contributed by atoms with Crippen molar-refractivity contribution >= 4 is 5.69 Å². The van der Waals surface area contributed by atoms with E-state index in [0.717, 1.165) is 6.54 Å². The topological polar surface area (TPSA) is 29.3 Å². The van der Waals surface area contributed by atoms with Crippen molar-refractivity contribution in [3.8, 4) is 0 Å². The molecule has 2 heteroatoms. The summed E-state index contributed by atoms with van der Waals surface area (Å²) in [5, 5.41) is 0. The minimum Gasteiger partial charge on any atom is -0.366 e. The van der Waals surface area contributed by atoms with Gasteiger partial charge < -0.3 is 10.6 Å². The quantitative estimate of drug-likeness (QED) is 0.881. The third-order valence-electron chi connectivity index (χ3n) is 4.11. The maximum absolute atomic E-state index is 6.30. The molecule has 2 rings (SSSR count). The Morgan fingerprint density at radius 2 is 1.95 bits per heavy atom. The van der Waals surface area contributed by atoms with Crippen molar-refractivity contribution in [1.29, 1.82) is 0 Å². The Labute approximate surface area is 118 Å². The number of hydrogen-bond acceptors (Lipinski definition) is 2. The second-order valence-electron chi connectivity index (χ2n) is 7.10. The fourth-order valence-corrected chi connectivity index (χ4v) is 3.58.